The van der Waals surface area contributed by atoms with Gasteiger partial charge < -0.3 is 5.32 Å². The first kappa shape index (κ1) is 22.0. The van der Waals surface area contributed by atoms with Gasteiger partial charge in [0.05, 0.1) is 6.42 Å². The first-order valence-electron chi connectivity index (χ1n) is 11.5. The third-order valence-electron chi connectivity index (χ3n) is 6.61. The molecule has 0 aliphatic heterocycles. The zero-order valence-corrected chi connectivity index (χ0v) is 18.7. The molecule has 166 valence electrons. The fourth-order valence-corrected chi connectivity index (χ4v) is 5.78. The van der Waals surface area contributed by atoms with Crippen molar-refractivity contribution in [1.29, 1.82) is 0 Å². The molecular formula is C25H31FN2O2S. The lowest BCUT2D eigenvalue weighted by atomic mass is 9.92. The van der Waals surface area contributed by atoms with Crippen molar-refractivity contribution in [3.05, 3.63) is 52.5 Å². The highest BCUT2D eigenvalue weighted by Crippen LogP contribution is 2.34. The van der Waals surface area contributed by atoms with Crippen molar-refractivity contribution in [2.45, 2.75) is 76.3 Å². The summed E-state index contributed by atoms with van der Waals surface area (Å²) < 4.78 is 14.1. The van der Waals surface area contributed by atoms with E-state index in [1.54, 1.807) is 17.0 Å². The molecule has 0 spiro atoms. The number of nitrogens with zero attached hydrogens (tertiary/aromatic N) is 1. The van der Waals surface area contributed by atoms with Crippen LogP contribution in [0.5, 0.6) is 0 Å². The summed E-state index contributed by atoms with van der Waals surface area (Å²) in [6, 6.07) is 9.53. The second kappa shape index (κ2) is 10.4. The van der Waals surface area contributed by atoms with Gasteiger partial charge in [-0.3, -0.25) is 14.5 Å². The zero-order valence-electron chi connectivity index (χ0n) is 17.9. The zero-order chi connectivity index (χ0) is 21.6. The number of carbonyl (C=O) groups is 2. The second-order valence-corrected chi connectivity index (χ2v) is 9.86. The number of anilines is 1. The van der Waals surface area contributed by atoms with Crippen LogP contribution in [0.4, 0.5) is 10.1 Å². The molecule has 2 aromatic rings. The van der Waals surface area contributed by atoms with Crippen molar-refractivity contribution >= 4 is 28.8 Å². The number of rotatable bonds is 7. The fourth-order valence-electron chi connectivity index (χ4n) is 5.08. The molecule has 1 aromatic heterocycles. The number of hydrogen-bond donors (Lipinski definition) is 1. The van der Waals surface area contributed by atoms with Gasteiger partial charge in [0.2, 0.25) is 11.8 Å². The lowest BCUT2D eigenvalue weighted by Gasteiger charge is -2.36. The van der Waals surface area contributed by atoms with Crippen LogP contribution in [0.3, 0.4) is 0 Å². The van der Waals surface area contributed by atoms with Crippen molar-refractivity contribution in [3.63, 3.8) is 0 Å². The molecule has 4 nitrogen and oxygen atoms in total. The number of nitrogens with one attached hydrogen (secondary N) is 1. The Balaban J connectivity index is 1.66. The minimum absolute atomic E-state index is 0.0809. The minimum Gasteiger partial charge on any atom is -0.352 e. The van der Waals surface area contributed by atoms with Crippen molar-refractivity contribution < 1.29 is 14.0 Å². The van der Waals surface area contributed by atoms with Gasteiger partial charge >= 0.3 is 0 Å². The maximum Gasteiger partial charge on any atom is 0.243 e. The standard InChI is InChI=1S/C25H31FN2O2S/c26-19-10-6-13-21(16-19)28(23(29)17-22-14-7-15-31-22)24(18-8-4-5-9-18)25(30)27-20-11-2-1-3-12-20/h6-7,10,13-16,18,20,24H,1-5,8-9,11-12,17H2,(H,27,30). The van der Waals surface area contributed by atoms with Gasteiger partial charge in [-0.2, -0.15) is 0 Å². The quantitative estimate of drug-likeness (QED) is 0.618. The third-order valence-corrected chi connectivity index (χ3v) is 7.48. The van der Waals surface area contributed by atoms with Crippen LogP contribution in [0.25, 0.3) is 0 Å². The van der Waals surface area contributed by atoms with Crippen LogP contribution in [0.15, 0.2) is 41.8 Å². The molecule has 1 atom stereocenters. The molecule has 0 bridgehead atoms. The summed E-state index contributed by atoms with van der Waals surface area (Å²) in [5, 5.41) is 5.19. The average Bonchev–Trinajstić information content (AvgIpc) is 3.47. The van der Waals surface area contributed by atoms with E-state index in [4.69, 9.17) is 0 Å². The topological polar surface area (TPSA) is 49.4 Å². The van der Waals surface area contributed by atoms with E-state index in [2.05, 4.69) is 5.32 Å². The Morgan fingerprint density at radius 3 is 2.45 bits per heavy atom. The van der Waals surface area contributed by atoms with E-state index in [1.807, 2.05) is 17.5 Å². The second-order valence-electron chi connectivity index (χ2n) is 8.83. The maximum atomic E-state index is 14.1. The van der Waals surface area contributed by atoms with Crippen molar-refractivity contribution in [2.24, 2.45) is 5.92 Å². The van der Waals surface area contributed by atoms with Gasteiger partial charge in [-0.05, 0) is 61.2 Å². The predicted molar refractivity (Wildman–Crippen MR) is 123 cm³/mol. The normalized spacial score (nSPS) is 18.6. The summed E-state index contributed by atoms with van der Waals surface area (Å²) in [6.07, 6.45) is 9.64. The lowest BCUT2D eigenvalue weighted by Crippen LogP contribution is -2.55. The number of hydrogen-bond acceptors (Lipinski definition) is 3. The van der Waals surface area contributed by atoms with Crippen LogP contribution in [-0.2, 0) is 16.0 Å². The lowest BCUT2D eigenvalue weighted by molar-refractivity contribution is -0.128. The van der Waals surface area contributed by atoms with Crippen LogP contribution in [-0.4, -0.2) is 23.9 Å². The Labute approximate surface area is 187 Å². The van der Waals surface area contributed by atoms with Crippen molar-refractivity contribution in [2.75, 3.05) is 4.90 Å². The average molecular weight is 443 g/mol. The molecule has 1 heterocycles. The number of carbonyl (C=O) groups excluding carboxylic acids is 2. The smallest absolute Gasteiger partial charge is 0.243 e. The van der Waals surface area contributed by atoms with E-state index in [0.717, 1.165) is 56.2 Å². The SMILES string of the molecule is O=C(NC1CCCCC1)C(C1CCCC1)N(C(=O)Cc1cccs1)c1cccc(F)c1. The molecule has 1 unspecified atom stereocenters. The molecule has 2 amide bonds. The van der Waals surface area contributed by atoms with Gasteiger partial charge in [-0.25, -0.2) is 4.39 Å². The monoisotopic (exact) mass is 442 g/mol. The van der Waals surface area contributed by atoms with Crippen LogP contribution in [0.1, 0.15) is 62.7 Å². The number of halogens is 1. The molecule has 1 aromatic carbocycles. The van der Waals surface area contributed by atoms with Crippen molar-refractivity contribution in [1.82, 2.24) is 5.32 Å². The molecule has 1 N–H and O–H groups in total. The molecule has 2 aliphatic rings. The number of amides is 2. The van der Waals surface area contributed by atoms with Gasteiger partial charge in [0.1, 0.15) is 11.9 Å². The molecule has 31 heavy (non-hydrogen) atoms. The molecule has 6 heteroatoms. The van der Waals surface area contributed by atoms with Crippen LogP contribution < -0.4 is 10.2 Å². The summed E-state index contributed by atoms with van der Waals surface area (Å²) >= 11 is 1.53. The van der Waals surface area contributed by atoms with Gasteiger partial charge in [-0.1, -0.05) is 44.2 Å². The Hall–Kier alpha value is -2.21. The molecular weight excluding hydrogens is 411 g/mol. The highest BCUT2D eigenvalue weighted by molar-refractivity contribution is 7.10. The Kier molecular flexibility index (Phi) is 7.38. The van der Waals surface area contributed by atoms with E-state index in [-0.39, 0.29) is 30.2 Å². The first-order valence-corrected chi connectivity index (χ1v) is 12.4. The van der Waals surface area contributed by atoms with Crippen LogP contribution in [0.2, 0.25) is 0 Å². The summed E-state index contributed by atoms with van der Waals surface area (Å²) in [5.74, 6) is -0.533. The summed E-state index contributed by atoms with van der Waals surface area (Å²) in [5.41, 5.74) is 0.470. The van der Waals surface area contributed by atoms with Crippen molar-refractivity contribution in [3.8, 4) is 0 Å². The highest BCUT2D eigenvalue weighted by Gasteiger charge is 2.39. The van der Waals surface area contributed by atoms with E-state index in [0.29, 0.717) is 5.69 Å². The largest absolute Gasteiger partial charge is 0.352 e. The predicted octanol–water partition coefficient (Wildman–Crippen LogP) is 5.47. The van der Waals surface area contributed by atoms with E-state index < -0.39 is 11.9 Å². The Morgan fingerprint density at radius 1 is 1.03 bits per heavy atom. The van der Waals surface area contributed by atoms with Gasteiger partial charge in [0, 0.05) is 16.6 Å². The molecule has 2 saturated carbocycles. The molecule has 2 fully saturated rings. The van der Waals surface area contributed by atoms with E-state index in [9.17, 15) is 14.0 Å². The highest BCUT2D eigenvalue weighted by atomic mass is 32.1. The number of thiophene rings is 1. The van der Waals surface area contributed by atoms with Gasteiger partial charge in [0.15, 0.2) is 0 Å². The number of benzene rings is 1. The molecule has 2 aliphatic carbocycles. The van der Waals surface area contributed by atoms with Gasteiger partial charge in [-0.15, -0.1) is 11.3 Å². The maximum absolute atomic E-state index is 14.1. The fraction of sp³-hybridized carbons (Fsp3) is 0.520. The van der Waals surface area contributed by atoms with E-state index in [1.165, 1.54) is 29.9 Å². The Bertz CT molecular complexity index is 873. The third kappa shape index (κ3) is 5.53. The molecule has 0 saturated heterocycles. The molecule has 0 radical (unpaired) electrons. The minimum atomic E-state index is -0.598. The Morgan fingerprint density at radius 2 is 1.77 bits per heavy atom. The molecule has 4 rings (SSSR count). The summed E-state index contributed by atoms with van der Waals surface area (Å²) in [4.78, 5) is 29.7. The summed E-state index contributed by atoms with van der Waals surface area (Å²) in [7, 11) is 0. The van der Waals surface area contributed by atoms with Gasteiger partial charge in [0.25, 0.3) is 0 Å². The van der Waals surface area contributed by atoms with Crippen LogP contribution >= 0.6 is 11.3 Å². The van der Waals surface area contributed by atoms with Crippen LogP contribution in [0, 0.1) is 11.7 Å². The van der Waals surface area contributed by atoms with E-state index >= 15 is 0 Å². The summed E-state index contributed by atoms with van der Waals surface area (Å²) in [6.45, 7) is 0. The first-order chi connectivity index (χ1) is 15.1.